The predicted octanol–water partition coefficient (Wildman–Crippen LogP) is 3.36. The quantitative estimate of drug-likeness (QED) is 0.740. The van der Waals surface area contributed by atoms with E-state index in [2.05, 4.69) is 14.9 Å². The van der Waals surface area contributed by atoms with Gasteiger partial charge in [-0.05, 0) is 30.7 Å². The van der Waals surface area contributed by atoms with Gasteiger partial charge < -0.3 is 9.80 Å². The van der Waals surface area contributed by atoms with Crippen LogP contribution in [-0.4, -0.2) is 47.5 Å². The molecule has 7 heteroatoms. The number of amides is 1. The molecule has 0 N–H and O–H groups in total. The van der Waals surface area contributed by atoms with E-state index in [0.29, 0.717) is 16.3 Å². The Bertz CT molecular complexity index is 781. The van der Waals surface area contributed by atoms with Crippen LogP contribution >= 0.6 is 23.2 Å². The van der Waals surface area contributed by atoms with Crippen LogP contribution < -0.4 is 4.90 Å². The molecule has 5 nitrogen and oxygen atoms in total. The monoisotopic (exact) mass is 350 g/mol. The van der Waals surface area contributed by atoms with Crippen LogP contribution in [0, 0.1) is 0 Å². The lowest BCUT2D eigenvalue weighted by molar-refractivity contribution is 0.0756. The molecule has 120 valence electrons. The molecule has 0 saturated heterocycles. The molecule has 1 aliphatic rings. The molecule has 0 radical (unpaired) electrons. The van der Waals surface area contributed by atoms with Crippen molar-refractivity contribution in [1.29, 1.82) is 0 Å². The van der Waals surface area contributed by atoms with Crippen molar-refractivity contribution in [2.45, 2.75) is 13.0 Å². The first-order valence-electron chi connectivity index (χ1n) is 7.19. The van der Waals surface area contributed by atoms with Crippen molar-refractivity contribution in [2.75, 3.05) is 25.5 Å². The van der Waals surface area contributed by atoms with E-state index in [1.165, 1.54) is 6.20 Å². The number of rotatable bonds is 1. The SMILES string of the molecule is CC1CN(C)c2cc(-c3nc(Cl)ncc3Cl)ccc2C(=O)N1C. The average Bonchev–Trinajstić information content (AvgIpc) is 2.61. The van der Waals surface area contributed by atoms with Crippen molar-refractivity contribution >= 4 is 34.8 Å². The molecular formula is C16H16Cl2N4O. The number of likely N-dealkylation sites (N-methyl/N-ethyl adjacent to an activating group) is 2. The molecule has 2 heterocycles. The fourth-order valence-electron chi connectivity index (χ4n) is 2.73. The maximum atomic E-state index is 12.6. The van der Waals surface area contributed by atoms with E-state index in [-0.39, 0.29) is 17.2 Å². The highest BCUT2D eigenvalue weighted by Gasteiger charge is 2.27. The van der Waals surface area contributed by atoms with Crippen LogP contribution in [0.4, 0.5) is 5.69 Å². The summed E-state index contributed by atoms with van der Waals surface area (Å²) in [5.41, 5.74) is 2.88. The van der Waals surface area contributed by atoms with Gasteiger partial charge in [-0.15, -0.1) is 0 Å². The predicted molar refractivity (Wildman–Crippen MR) is 92.3 cm³/mol. The highest BCUT2D eigenvalue weighted by atomic mass is 35.5. The normalized spacial score (nSPS) is 18.0. The molecule has 23 heavy (non-hydrogen) atoms. The third-order valence-electron chi connectivity index (χ3n) is 4.15. The highest BCUT2D eigenvalue weighted by molar-refractivity contribution is 6.33. The minimum atomic E-state index is 0.00946. The van der Waals surface area contributed by atoms with Gasteiger partial charge in [-0.3, -0.25) is 4.79 Å². The van der Waals surface area contributed by atoms with Gasteiger partial charge in [-0.2, -0.15) is 0 Å². The second-order valence-electron chi connectivity index (χ2n) is 5.71. The molecule has 3 rings (SSSR count). The Morgan fingerprint density at radius 3 is 2.74 bits per heavy atom. The first-order valence-corrected chi connectivity index (χ1v) is 7.95. The fraction of sp³-hybridized carbons (Fsp3) is 0.312. The van der Waals surface area contributed by atoms with E-state index in [0.717, 1.165) is 17.8 Å². The zero-order chi connectivity index (χ0) is 16.7. The van der Waals surface area contributed by atoms with Gasteiger partial charge in [0, 0.05) is 32.2 Å². The number of hydrogen-bond acceptors (Lipinski definition) is 4. The summed E-state index contributed by atoms with van der Waals surface area (Å²) in [6.07, 6.45) is 1.47. The maximum absolute atomic E-state index is 12.6. The summed E-state index contributed by atoms with van der Waals surface area (Å²) in [5, 5.41) is 0.555. The summed E-state index contributed by atoms with van der Waals surface area (Å²) < 4.78 is 0. The van der Waals surface area contributed by atoms with Crippen LogP contribution in [0.25, 0.3) is 11.3 Å². The Morgan fingerprint density at radius 2 is 2.00 bits per heavy atom. The molecule has 2 aromatic rings. The standard InChI is InChI=1S/C16H16Cl2N4O/c1-9-8-21(2)13-6-10(4-5-11(13)15(23)22(9)3)14-12(17)7-19-16(18)20-14/h4-7,9H,8H2,1-3H3. The summed E-state index contributed by atoms with van der Waals surface area (Å²) in [7, 11) is 3.80. The van der Waals surface area contributed by atoms with Gasteiger partial charge in [-0.25, -0.2) is 9.97 Å². The van der Waals surface area contributed by atoms with Crippen LogP contribution in [0.3, 0.4) is 0 Å². The van der Waals surface area contributed by atoms with Crippen LogP contribution in [0.1, 0.15) is 17.3 Å². The van der Waals surface area contributed by atoms with Gasteiger partial charge in [0.05, 0.1) is 28.2 Å². The number of hydrogen-bond donors (Lipinski definition) is 0. The van der Waals surface area contributed by atoms with Gasteiger partial charge in [0.1, 0.15) is 0 Å². The number of carbonyl (C=O) groups excluding carboxylic acids is 1. The van der Waals surface area contributed by atoms with E-state index in [1.807, 2.05) is 39.2 Å². The van der Waals surface area contributed by atoms with Crippen LogP contribution in [0.2, 0.25) is 10.3 Å². The van der Waals surface area contributed by atoms with Crippen molar-refractivity contribution in [3.8, 4) is 11.3 Å². The largest absolute Gasteiger partial charge is 0.372 e. The third kappa shape index (κ3) is 2.86. The summed E-state index contributed by atoms with van der Waals surface area (Å²) >= 11 is 12.1. The van der Waals surface area contributed by atoms with Crippen molar-refractivity contribution in [3.63, 3.8) is 0 Å². The molecule has 1 aromatic heterocycles. The van der Waals surface area contributed by atoms with Crippen LogP contribution in [0.5, 0.6) is 0 Å². The molecule has 0 bridgehead atoms. The first-order chi connectivity index (χ1) is 10.9. The van der Waals surface area contributed by atoms with Gasteiger partial charge in [0.2, 0.25) is 5.28 Å². The van der Waals surface area contributed by atoms with Crippen molar-refractivity contribution in [1.82, 2.24) is 14.9 Å². The Labute approximate surface area is 144 Å². The maximum Gasteiger partial charge on any atom is 0.256 e. The van der Waals surface area contributed by atoms with E-state index in [4.69, 9.17) is 23.2 Å². The van der Waals surface area contributed by atoms with E-state index in [9.17, 15) is 4.79 Å². The number of aromatic nitrogens is 2. The molecule has 0 fully saturated rings. The Balaban J connectivity index is 2.14. The fourth-order valence-corrected chi connectivity index (χ4v) is 3.06. The van der Waals surface area contributed by atoms with Gasteiger partial charge in [0.15, 0.2) is 0 Å². The molecule has 1 atom stereocenters. The smallest absolute Gasteiger partial charge is 0.256 e. The summed E-state index contributed by atoms with van der Waals surface area (Å²) in [4.78, 5) is 24.5. The Hall–Kier alpha value is -1.85. The van der Waals surface area contributed by atoms with E-state index in [1.54, 1.807) is 4.90 Å². The number of benzene rings is 1. The summed E-state index contributed by atoms with van der Waals surface area (Å²) in [6, 6.07) is 5.69. The number of anilines is 1. The van der Waals surface area contributed by atoms with Gasteiger partial charge in [0.25, 0.3) is 5.91 Å². The molecule has 0 spiro atoms. The molecular weight excluding hydrogens is 335 g/mol. The molecule has 1 unspecified atom stereocenters. The summed E-state index contributed by atoms with van der Waals surface area (Å²) in [6.45, 7) is 2.78. The Kier molecular flexibility index (Phi) is 4.17. The zero-order valence-corrected chi connectivity index (χ0v) is 14.6. The highest BCUT2D eigenvalue weighted by Crippen LogP contribution is 2.33. The first kappa shape index (κ1) is 16.0. The lowest BCUT2D eigenvalue weighted by atomic mass is 10.0. The molecule has 1 amide bonds. The topological polar surface area (TPSA) is 49.3 Å². The Morgan fingerprint density at radius 1 is 1.26 bits per heavy atom. The average molecular weight is 351 g/mol. The molecule has 1 aromatic carbocycles. The second kappa shape index (κ2) is 5.98. The third-order valence-corrected chi connectivity index (χ3v) is 4.61. The lowest BCUT2D eigenvalue weighted by Crippen LogP contribution is -2.38. The minimum absolute atomic E-state index is 0.00946. The van der Waals surface area contributed by atoms with Crippen LogP contribution in [-0.2, 0) is 0 Å². The van der Waals surface area contributed by atoms with Crippen molar-refractivity contribution in [3.05, 3.63) is 40.3 Å². The number of halogens is 2. The number of fused-ring (bicyclic) bond motifs is 1. The number of carbonyl (C=O) groups is 1. The molecule has 0 aliphatic carbocycles. The van der Waals surface area contributed by atoms with Crippen LogP contribution in [0.15, 0.2) is 24.4 Å². The lowest BCUT2D eigenvalue weighted by Gasteiger charge is -2.24. The van der Waals surface area contributed by atoms with E-state index < -0.39 is 0 Å². The van der Waals surface area contributed by atoms with E-state index >= 15 is 0 Å². The van der Waals surface area contributed by atoms with Crippen molar-refractivity contribution in [2.24, 2.45) is 0 Å². The number of nitrogens with zero attached hydrogens (tertiary/aromatic N) is 4. The van der Waals surface area contributed by atoms with Gasteiger partial charge >= 0.3 is 0 Å². The van der Waals surface area contributed by atoms with Gasteiger partial charge in [-0.1, -0.05) is 17.7 Å². The molecule has 0 saturated carbocycles. The second-order valence-corrected chi connectivity index (χ2v) is 6.46. The summed E-state index contributed by atoms with van der Waals surface area (Å²) in [5.74, 6) is 0.00946. The van der Waals surface area contributed by atoms with Crippen molar-refractivity contribution < 1.29 is 4.79 Å². The minimum Gasteiger partial charge on any atom is -0.372 e. The molecule has 1 aliphatic heterocycles. The zero-order valence-electron chi connectivity index (χ0n) is 13.0.